The quantitative estimate of drug-likeness (QED) is 0.819. The van der Waals surface area contributed by atoms with E-state index in [0.29, 0.717) is 28.5 Å². The van der Waals surface area contributed by atoms with Crippen LogP contribution >= 0.6 is 12.2 Å². The molecule has 2 aromatic rings. The van der Waals surface area contributed by atoms with E-state index >= 15 is 0 Å². The molecule has 0 aliphatic carbocycles. The Morgan fingerprint density at radius 2 is 2.27 bits per heavy atom. The number of aromatic amines is 1. The molecule has 1 unspecified atom stereocenters. The van der Waals surface area contributed by atoms with E-state index in [1.807, 2.05) is 12.1 Å². The summed E-state index contributed by atoms with van der Waals surface area (Å²) >= 11 is 5.09. The molecule has 1 atom stereocenters. The lowest BCUT2D eigenvalue weighted by molar-refractivity contribution is -0.137. The van der Waals surface area contributed by atoms with Gasteiger partial charge < -0.3 is 19.1 Å². The average molecular weight is 321 g/mol. The van der Waals surface area contributed by atoms with Gasteiger partial charge in [-0.3, -0.25) is 9.89 Å². The zero-order chi connectivity index (χ0) is 15.7. The van der Waals surface area contributed by atoms with Crippen LogP contribution in [0, 0.1) is 4.77 Å². The summed E-state index contributed by atoms with van der Waals surface area (Å²) in [5.74, 6) is 0.948. The van der Waals surface area contributed by atoms with Gasteiger partial charge in [0.15, 0.2) is 16.3 Å². The summed E-state index contributed by atoms with van der Waals surface area (Å²) in [5.41, 5.74) is 0.876. The molecule has 8 heteroatoms. The Morgan fingerprint density at radius 1 is 1.50 bits per heavy atom. The number of benzene rings is 1. The monoisotopic (exact) mass is 321 g/mol. The van der Waals surface area contributed by atoms with E-state index in [9.17, 15) is 9.90 Å². The Labute approximate surface area is 131 Å². The topological polar surface area (TPSA) is 89.4 Å². The van der Waals surface area contributed by atoms with Crippen molar-refractivity contribution in [3.05, 3.63) is 34.4 Å². The molecule has 3 rings (SSSR count). The Hall–Kier alpha value is -2.35. The molecule has 0 bridgehead atoms. The predicted octanol–water partition coefficient (Wildman–Crippen LogP) is 2.01. The number of ether oxygens (including phenoxy) is 2. The first-order valence-corrected chi connectivity index (χ1v) is 7.17. The van der Waals surface area contributed by atoms with Crippen molar-refractivity contribution < 1.29 is 19.4 Å². The van der Waals surface area contributed by atoms with E-state index in [4.69, 9.17) is 21.7 Å². The molecular weight excluding hydrogens is 306 g/mol. The van der Waals surface area contributed by atoms with Crippen LogP contribution in [-0.2, 0) is 18.3 Å². The summed E-state index contributed by atoms with van der Waals surface area (Å²) in [7, 11) is 1.80. The molecule has 116 valence electrons. The fraction of sp³-hybridized carbons (Fsp3) is 0.357. The van der Waals surface area contributed by atoms with E-state index in [1.54, 1.807) is 17.7 Å². The van der Waals surface area contributed by atoms with Gasteiger partial charge in [0, 0.05) is 19.4 Å². The highest BCUT2D eigenvalue weighted by Crippen LogP contribution is 2.36. The van der Waals surface area contributed by atoms with Crippen molar-refractivity contribution >= 4 is 18.2 Å². The number of carboxylic acids is 1. The first-order valence-electron chi connectivity index (χ1n) is 6.76. The van der Waals surface area contributed by atoms with Crippen molar-refractivity contribution in [1.29, 1.82) is 0 Å². The van der Waals surface area contributed by atoms with Crippen molar-refractivity contribution in [2.45, 2.75) is 18.8 Å². The second-order valence-electron chi connectivity index (χ2n) is 5.12. The Kier molecular flexibility index (Phi) is 3.84. The second-order valence-corrected chi connectivity index (χ2v) is 5.50. The predicted molar refractivity (Wildman–Crippen MR) is 79.7 cm³/mol. The van der Waals surface area contributed by atoms with Crippen LogP contribution in [0.5, 0.6) is 11.5 Å². The average Bonchev–Trinajstić information content (AvgIpc) is 3.07. The number of nitrogens with zero attached hydrogens (tertiary/aromatic N) is 2. The van der Waals surface area contributed by atoms with Crippen molar-refractivity contribution in [2.24, 2.45) is 7.05 Å². The molecule has 22 heavy (non-hydrogen) atoms. The number of fused-ring (bicyclic) bond motifs is 1. The molecule has 2 heterocycles. The van der Waals surface area contributed by atoms with Crippen LogP contribution in [0.4, 0.5) is 0 Å². The largest absolute Gasteiger partial charge is 0.481 e. The molecule has 1 aromatic carbocycles. The van der Waals surface area contributed by atoms with Crippen molar-refractivity contribution in [3.63, 3.8) is 0 Å². The number of aromatic nitrogens is 3. The van der Waals surface area contributed by atoms with Gasteiger partial charge in [0.2, 0.25) is 6.79 Å². The molecule has 0 radical (unpaired) electrons. The van der Waals surface area contributed by atoms with Crippen LogP contribution in [0.25, 0.3) is 0 Å². The molecule has 0 saturated heterocycles. The number of carboxylic acid groups (broad SMARTS) is 1. The van der Waals surface area contributed by atoms with Crippen LogP contribution in [0.3, 0.4) is 0 Å². The lowest BCUT2D eigenvalue weighted by atomic mass is 9.92. The van der Waals surface area contributed by atoms with E-state index in [2.05, 4.69) is 10.2 Å². The Bertz CT molecular complexity index is 768. The van der Waals surface area contributed by atoms with Gasteiger partial charge in [0.25, 0.3) is 0 Å². The zero-order valence-corrected chi connectivity index (χ0v) is 12.7. The standard InChI is InChI=1S/C14H15N3O4S/c1-17-12(15-16-14(17)22)5-9(6-13(18)19)8-2-3-10-11(4-8)21-7-20-10/h2-4,9H,5-7H2,1H3,(H,16,22)(H,18,19). The minimum atomic E-state index is -0.862. The van der Waals surface area contributed by atoms with Gasteiger partial charge in [-0.15, -0.1) is 0 Å². The van der Waals surface area contributed by atoms with Gasteiger partial charge in [-0.1, -0.05) is 6.07 Å². The molecule has 1 aromatic heterocycles. The summed E-state index contributed by atoms with van der Waals surface area (Å²) in [4.78, 5) is 11.2. The summed E-state index contributed by atoms with van der Waals surface area (Å²) in [6.07, 6.45) is 0.467. The maximum Gasteiger partial charge on any atom is 0.303 e. The molecule has 0 saturated carbocycles. The van der Waals surface area contributed by atoms with E-state index < -0.39 is 5.97 Å². The molecule has 0 fully saturated rings. The molecular formula is C14H15N3O4S. The molecule has 0 amide bonds. The normalized spacial score (nSPS) is 14.0. The van der Waals surface area contributed by atoms with Gasteiger partial charge in [-0.25, -0.2) is 0 Å². The third-order valence-electron chi connectivity index (χ3n) is 3.69. The molecule has 1 aliphatic rings. The molecule has 1 aliphatic heterocycles. The number of H-pyrrole nitrogens is 1. The van der Waals surface area contributed by atoms with E-state index in [0.717, 1.165) is 5.56 Å². The highest BCUT2D eigenvalue weighted by molar-refractivity contribution is 7.71. The lowest BCUT2D eigenvalue weighted by Crippen LogP contribution is -2.12. The van der Waals surface area contributed by atoms with Crippen LogP contribution in [0.15, 0.2) is 18.2 Å². The van der Waals surface area contributed by atoms with Gasteiger partial charge in [0.1, 0.15) is 5.82 Å². The summed E-state index contributed by atoms with van der Waals surface area (Å²) in [6.45, 7) is 0.190. The smallest absolute Gasteiger partial charge is 0.303 e. The first kappa shape index (κ1) is 14.6. The zero-order valence-electron chi connectivity index (χ0n) is 11.9. The third-order valence-corrected chi connectivity index (χ3v) is 4.06. The summed E-state index contributed by atoms with van der Waals surface area (Å²) in [6, 6.07) is 5.50. The number of nitrogens with one attached hydrogen (secondary N) is 1. The minimum Gasteiger partial charge on any atom is -0.481 e. The third kappa shape index (κ3) is 2.82. The number of carbonyl (C=O) groups is 1. The minimum absolute atomic E-state index is 0.000728. The fourth-order valence-electron chi connectivity index (χ4n) is 2.47. The molecule has 7 nitrogen and oxygen atoms in total. The van der Waals surface area contributed by atoms with Crippen LogP contribution in [0.1, 0.15) is 23.7 Å². The number of hydrogen-bond donors (Lipinski definition) is 2. The highest BCUT2D eigenvalue weighted by atomic mass is 32.1. The molecule has 0 spiro atoms. The molecule has 2 N–H and O–H groups in total. The summed E-state index contributed by atoms with van der Waals surface area (Å²) in [5, 5.41) is 16.0. The van der Waals surface area contributed by atoms with Crippen LogP contribution in [-0.4, -0.2) is 32.6 Å². The van der Waals surface area contributed by atoms with Gasteiger partial charge >= 0.3 is 5.97 Å². The van der Waals surface area contributed by atoms with E-state index in [-0.39, 0.29) is 19.1 Å². The van der Waals surface area contributed by atoms with Gasteiger partial charge in [0.05, 0.1) is 6.42 Å². The highest BCUT2D eigenvalue weighted by Gasteiger charge is 2.22. The lowest BCUT2D eigenvalue weighted by Gasteiger charge is -2.15. The first-order chi connectivity index (χ1) is 10.5. The summed E-state index contributed by atoms with van der Waals surface area (Å²) < 4.78 is 12.9. The van der Waals surface area contributed by atoms with Crippen LogP contribution in [0.2, 0.25) is 0 Å². The maximum absolute atomic E-state index is 11.2. The van der Waals surface area contributed by atoms with E-state index in [1.165, 1.54) is 0 Å². The van der Waals surface area contributed by atoms with Crippen LogP contribution < -0.4 is 9.47 Å². The second kappa shape index (κ2) is 5.80. The van der Waals surface area contributed by atoms with Gasteiger partial charge in [-0.05, 0) is 29.9 Å². The van der Waals surface area contributed by atoms with Gasteiger partial charge in [-0.2, -0.15) is 5.10 Å². The van der Waals surface area contributed by atoms with Crippen molar-refractivity contribution in [2.75, 3.05) is 6.79 Å². The van der Waals surface area contributed by atoms with Crippen molar-refractivity contribution in [1.82, 2.24) is 14.8 Å². The SMILES string of the molecule is Cn1c(CC(CC(=O)O)c2ccc3c(c2)OCO3)n[nH]c1=S. The Morgan fingerprint density at radius 3 is 2.95 bits per heavy atom. The number of hydrogen-bond acceptors (Lipinski definition) is 5. The number of rotatable bonds is 5. The Balaban J connectivity index is 1.91. The fourth-order valence-corrected chi connectivity index (χ4v) is 2.62. The number of aliphatic carboxylic acids is 1. The van der Waals surface area contributed by atoms with Crippen molar-refractivity contribution in [3.8, 4) is 11.5 Å². The maximum atomic E-state index is 11.2.